The predicted octanol–water partition coefficient (Wildman–Crippen LogP) is 2.91. The molecule has 3 rings (SSSR count). The molecule has 2 aromatic heterocycles. The Balaban J connectivity index is 1.67. The van der Waals surface area contributed by atoms with Crippen molar-refractivity contribution in [3.8, 4) is 0 Å². The molecule has 6 heteroatoms. The SMILES string of the molecule is Cn1cnc(CN(CSc2ccccc2)Cc2cn(C)cn2)c1. The summed E-state index contributed by atoms with van der Waals surface area (Å²) in [6, 6.07) is 10.5. The Morgan fingerprint density at radius 2 is 1.48 bits per heavy atom. The van der Waals surface area contributed by atoms with Crippen LogP contribution in [-0.2, 0) is 27.2 Å². The maximum Gasteiger partial charge on any atom is 0.0947 e. The van der Waals surface area contributed by atoms with Gasteiger partial charge in [-0.15, -0.1) is 11.8 Å². The Bertz CT molecular complexity index is 692. The molecule has 1 aromatic carbocycles. The molecule has 0 fully saturated rings. The molecule has 0 amide bonds. The van der Waals surface area contributed by atoms with Crippen LogP contribution in [-0.4, -0.2) is 29.9 Å². The molecule has 0 saturated heterocycles. The normalized spacial score (nSPS) is 11.3. The first-order valence-corrected chi connectivity index (χ1v) is 8.51. The Morgan fingerprint density at radius 3 is 1.96 bits per heavy atom. The number of imidazole rings is 2. The zero-order chi connectivity index (χ0) is 16.1. The van der Waals surface area contributed by atoms with Crippen LogP contribution in [0.15, 0.2) is 60.3 Å². The molecule has 0 radical (unpaired) electrons. The zero-order valence-corrected chi connectivity index (χ0v) is 14.3. The van der Waals surface area contributed by atoms with Crippen molar-refractivity contribution in [3.05, 3.63) is 66.8 Å². The van der Waals surface area contributed by atoms with E-state index in [1.165, 1.54) is 4.90 Å². The Labute approximate surface area is 141 Å². The minimum Gasteiger partial charge on any atom is -0.340 e. The molecule has 0 saturated carbocycles. The maximum atomic E-state index is 4.44. The summed E-state index contributed by atoms with van der Waals surface area (Å²) in [6.45, 7) is 1.63. The first kappa shape index (κ1) is 15.8. The molecule has 0 N–H and O–H groups in total. The van der Waals surface area contributed by atoms with Crippen molar-refractivity contribution in [3.63, 3.8) is 0 Å². The molecule has 0 unspecified atom stereocenters. The second kappa shape index (κ2) is 7.48. The van der Waals surface area contributed by atoms with Gasteiger partial charge < -0.3 is 9.13 Å². The van der Waals surface area contributed by atoms with Gasteiger partial charge in [-0.3, -0.25) is 4.90 Å². The lowest BCUT2D eigenvalue weighted by Gasteiger charge is -2.20. The highest BCUT2D eigenvalue weighted by Gasteiger charge is 2.11. The maximum absolute atomic E-state index is 4.44. The summed E-state index contributed by atoms with van der Waals surface area (Å²) >= 11 is 1.84. The molecular formula is C17H21N5S. The van der Waals surface area contributed by atoms with Gasteiger partial charge in [-0.2, -0.15) is 0 Å². The van der Waals surface area contributed by atoms with Crippen LogP contribution in [0.3, 0.4) is 0 Å². The largest absolute Gasteiger partial charge is 0.340 e. The minimum absolute atomic E-state index is 0.817. The fraction of sp³-hybridized carbons (Fsp3) is 0.294. The van der Waals surface area contributed by atoms with Crippen molar-refractivity contribution in [1.29, 1.82) is 0 Å². The number of nitrogens with zero attached hydrogens (tertiary/aromatic N) is 5. The highest BCUT2D eigenvalue weighted by molar-refractivity contribution is 7.99. The van der Waals surface area contributed by atoms with Crippen LogP contribution in [0.5, 0.6) is 0 Å². The number of rotatable bonds is 7. The van der Waals surface area contributed by atoms with Crippen LogP contribution in [0.2, 0.25) is 0 Å². The van der Waals surface area contributed by atoms with Crippen LogP contribution in [0, 0.1) is 0 Å². The van der Waals surface area contributed by atoms with Gasteiger partial charge in [-0.25, -0.2) is 9.97 Å². The van der Waals surface area contributed by atoms with E-state index in [1.807, 2.05) is 53.7 Å². The second-order valence-electron chi connectivity index (χ2n) is 5.63. The van der Waals surface area contributed by atoms with E-state index < -0.39 is 0 Å². The monoisotopic (exact) mass is 327 g/mol. The van der Waals surface area contributed by atoms with Gasteiger partial charge >= 0.3 is 0 Å². The van der Waals surface area contributed by atoms with Crippen LogP contribution < -0.4 is 0 Å². The number of aryl methyl sites for hydroxylation is 2. The van der Waals surface area contributed by atoms with Gasteiger partial charge in [0.1, 0.15) is 0 Å². The van der Waals surface area contributed by atoms with Crippen molar-refractivity contribution in [1.82, 2.24) is 24.0 Å². The van der Waals surface area contributed by atoms with E-state index >= 15 is 0 Å². The van der Waals surface area contributed by atoms with Crippen LogP contribution in [0.4, 0.5) is 0 Å². The molecule has 0 aliphatic carbocycles. The van der Waals surface area contributed by atoms with Gasteiger partial charge in [-0.1, -0.05) is 18.2 Å². The molecule has 3 aromatic rings. The average Bonchev–Trinajstić information content (AvgIpc) is 3.14. The molecule has 0 spiro atoms. The summed E-state index contributed by atoms with van der Waals surface area (Å²) < 4.78 is 3.97. The van der Waals surface area contributed by atoms with E-state index in [4.69, 9.17) is 0 Å². The quantitative estimate of drug-likeness (QED) is 0.494. The van der Waals surface area contributed by atoms with Gasteiger partial charge in [0.05, 0.1) is 24.0 Å². The van der Waals surface area contributed by atoms with Gasteiger partial charge in [0, 0.05) is 50.4 Å². The summed E-state index contributed by atoms with van der Waals surface area (Å²) in [5.41, 5.74) is 2.16. The molecule has 2 heterocycles. The summed E-state index contributed by atoms with van der Waals surface area (Å²) in [5.74, 6) is 0.900. The summed E-state index contributed by atoms with van der Waals surface area (Å²) in [4.78, 5) is 12.5. The van der Waals surface area contributed by atoms with Crippen molar-refractivity contribution in [2.45, 2.75) is 18.0 Å². The number of aromatic nitrogens is 4. The van der Waals surface area contributed by atoms with Gasteiger partial charge in [-0.05, 0) is 12.1 Å². The average molecular weight is 327 g/mol. The minimum atomic E-state index is 0.817. The fourth-order valence-electron chi connectivity index (χ4n) is 2.39. The molecule has 0 atom stereocenters. The summed E-state index contributed by atoms with van der Waals surface area (Å²) in [5, 5.41) is 0. The van der Waals surface area contributed by atoms with E-state index in [2.05, 4.69) is 51.5 Å². The molecular weight excluding hydrogens is 306 g/mol. The van der Waals surface area contributed by atoms with Gasteiger partial charge in [0.25, 0.3) is 0 Å². The lowest BCUT2D eigenvalue weighted by atomic mass is 10.4. The van der Waals surface area contributed by atoms with Gasteiger partial charge in [0.15, 0.2) is 0 Å². The van der Waals surface area contributed by atoms with Crippen LogP contribution in [0.1, 0.15) is 11.4 Å². The Kier molecular flexibility index (Phi) is 5.15. The van der Waals surface area contributed by atoms with Crippen molar-refractivity contribution < 1.29 is 0 Å². The zero-order valence-electron chi connectivity index (χ0n) is 13.5. The Hall–Kier alpha value is -2.05. The van der Waals surface area contributed by atoms with E-state index in [-0.39, 0.29) is 0 Å². The lowest BCUT2D eigenvalue weighted by Crippen LogP contribution is -2.22. The first-order valence-electron chi connectivity index (χ1n) is 7.53. The standard InChI is InChI=1S/C17H21N5S/c1-20-8-15(18-12-20)10-22(11-16-9-21(2)13-19-16)14-23-17-6-4-3-5-7-17/h3-9,12-13H,10-11,14H2,1-2H3. The highest BCUT2D eigenvalue weighted by Crippen LogP contribution is 2.20. The first-order chi connectivity index (χ1) is 11.2. The third-order valence-corrected chi connectivity index (χ3v) is 4.54. The fourth-order valence-corrected chi connectivity index (χ4v) is 3.25. The smallest absolute Gasteiger partial charge is 0.0947 e. The van der Waals surface area contributed by atoms with E-state index in [1.54, 1.807) is 0 Å². The third-order valence-electron chi connectivity index (χ3n) is 3.44. The molecule has 5 nitrogen and oxygen atoms in total. The summed E-state index contributed by atoms with van der Waals surface area (Å²) in [7, 11) is 4.00. The van der Waals surface area contributed by atoms with Gasteiger partial charge in [0.2, 0.25) is 0 Å². The number of hydrogen-bond donors (Lipinski definition) is 0. The molecule has 0 bridgehead atoms. The predicted molar refractivity (Wildman–Crippen MR) is 92.8 cm³/mol. The molecule has 0 aliphatic rings. The van der Waals surface area contributed by atoms with Crippen LogP contribution >= 0.6 is 11.8 Å². The van der Waals surface area contributed by atoms with Crippen molar-refractivity contribution in [2.75, 3.05) is 5.88 Å². The highest BCUT2D eigenvalue weighted by atomic mass is 32.2. The lowest BCUT2D eigenvalue weighted by molar-refractivity contribution is 0.298. The third kappa shape index (κ3) is 4.71. The Morgan fingerprint density at radius 1 is 0.913 bits per heavy atom. The number of thioether (sulfide) groups is 1. The second-order valence-corrected chi connectivity index (χ2v) is 6.65. The molecule has 0 aliphatic heterocycles. The topological polar surface area (TPSA) is 38.9 Å². The van der Waals surface area contributed by atoms with E-state index in [0.717, 1.165) is 30.4 Å². The molecule has 23 heavy (non-hydrogen) atoms. The summed E-state index contributed by atoms with van der Waals surface area (Å²) in [6.07, 6.45) is 7.83. The van der Waals surface area contributed by atoms with E-state index in [0.29, 0.717) is 0 Å². The van der Waals surface area contributed by atoms with Crippen molar-refractivity contribution >= 4 is 11.8 Å². The van der Waals surface area contributed by atoms with E-state index in [9.17, 15) is 0 Å². The number of hydrogen-bond acceptors (Lipinski definition) is 4. The van der Waals surface area contributed by atoms with Crippen molar-refractivity contribution in [2.24, 2.45) is 14.1 Å². The molecule has 120 valence electrons. The van der Waals surface area contributed by atoms with Crippen LogP contribution in [0.25, 0.3) is 0 Å². The number of benzene rings is 1.